The number of pyridine rings is 1. The highest BCUT2D eigenvalue weighted by Crippen LogP contribution is 2.31. The fourth-order valence-corrected chi connectivity index (χ4v) is 4.49. The summed E-state index contributed by atoms with van der Waals surface area (Å²) < 4.78 is 15.3. The number of carbonyl (C=O) groups excluding carboxylic acids is 1. The van der Waals surface area contributed by atoms with Crippen molar-refractivity contribution in [2.45, 2.75) is 31.7 Å². The molecule has 0 spiro atoms. The van der Waals surface area contributed by atoms with Crippen LogP contribution in [0.2, 0.25) is 0 Å². The largest absolute Gasteiger partial charge is 0.368 e. The van der Waals surface area contributed by atoms with E-state index in [1.807, 2.05) is 17.3 Å². The first-order valence-corrected chi connectivity index (χ1v) is 10.3. The molecule has 1 saturated carbocycles. The van der Waals surface area contributed by atoms with E-state index in [9.17, 15) is 9.18 Å². The summed E-state index contributed by atoms with van der Waals surface area (Å²) in [5.41, 5.74) is 3.23. The molecule has 1 aliphatic heterocycles. The Labute approximate surface area is 169 Å². The second-order valence-electron chi connectivity index (χ2n) is 7.91. The Balaban J connectivity index is 1.28. The minimum atomic E-state index is -0.235. The predicted molar refractivity (Wildman–Crippen MR) is 110 cm³/mol. The number of halogens is 1. The van der Waals surface area contributed by atoms with Gasteiger partial charge in [0, 0.05) is 44.1 Å². The molecule has 0 bridgehead atoms. The van der Waals surface area contributed by atoms with E-state index in [-0.39, 0.29) is 11.7 Å². The van der Waals surface area contributed by atoms with E-state index in [0.717, 1.165) is 29.9 Å². The van der Waals surface area contributed by atoms with Crippen molar-refractivity contribution < 1.29 is 9.18 Å². The molecule has 150 valence electrons. The number of nitrogens with zero attached hydrogens (tertiary/aromatic N) is 5. The highest BCUT2D eigenvalue weighted by molar-refractivity contribution is 5.96. The molecule has 2 aliphatic rings. The van der Waals surface area contributed by atoms with Gasteiger partial charge in [-0.1, -0.05) is 12.8 Å². The summed E-state index contributed by atoms with van der Waals surface area (Å²) in [6.45, 7) is 2.71. The van der Waals surface area contributed by atoms with Crippen LogP contribution in [0.15, 0.2) is 42.9 Å². The van der Waals surface area contributed by atoms with E-state index >= 15 is 0 Å². The number of aromatic nitrogens is 3. The van der Waals surface area contributed by atoms with Crippen molar-refractivity contribution >= 4 is 22.8 Å². The van der Waals surface area contributed by atoms with Crippen LogP contribution in [0.3, 0.4) is 0 Å². The zero-order valence-electron chi connectivity index (χ0n) is 16.3. The summed E-state index contributed by atoms with van der Waals surface area (Å²) in [6.07, 6.45) is 8.40. The first kappa shape index (κ1) is 18.1. The monoisotopic (exact) mass is 393 g/mol. The van der Waals surface area contributed by atoms with Crippen molar-refractivity contribution in [2.24, 2.45) is 0 Å². The first-order chi connectivity index (χ1) is 14.2. The van der Waals surface area contributed by atoms with Crippen LogP contribution in [0.4, 0.5) is 10.1 Å². The van der Waals surface area contributed by atoms with Gasteiger partial charge in [-0.25, -0.2) is 14.4 Å². The number of piperazine rings is 1. The maximum Gasteiger partial charge on any atom is 0.255 e. The van der Waals surface area contributed by atoms with Crippen molar-refractivity contribution in [3.63, 3.8) is 0 Å². The SMILES string of the molecule is O=C(c1cnc2c(c1)ncn2C1CCCC1)N1CCN(c2ccc(F)cc2)CC1. The number of rotatable bonds is 3. The van der Waals surface area contributed by atoms with Crippen LogP contribution < -0.4 is 4.90 Å². The van der Waals surface area contributed by atoms with Crippen LogP contribution in [0.25, 0.3) is 11.2 Å². The van der Waals surface area contributed by atoms with Crippen molar-refractivity contribution in [1.29, 1.82) is 0 Å². The van der Waals surface area contributed by atoms with Gasteiger partial charge in [0.05, 0.1) is 11.9 Å². The highest BCUT2D eigenvalue weighted by Gasteiger charge is 2.24. The molecule has 0 atom stereocenters. The van der Waals surface area contributed by atoms with Crippen LogP contribution in [-0.2, 0) is 0 Å². The number of amides is 1. The number of carbonyl (C=O) groups is 1. The third-order valence-electron chi connectivity index (χ3n) is 6.14. The van der Waals surface area contributed by atoms with Gasteiger partial charge in [-0.15, -0.1) is 0 Å². The van der Waals surface area contributed by atoms with Gasteiger partial charge in [0.1, 0.15) is 11.3 Å². The molecule has 0 unspecified atom stereocenters. The molecule has 2 aromatic heterocycles. The number of fused-ring (bicyclic) bond motifs is 1. The van der Waals surface area contributed by atoms with E-state index < -0.39 is 0 Å². The van der Waals surface area contributed by atoms with E-state index in [1.54, 1.807) is 18.3 Å². The minimum absolute atomic E-state index is 0.00595. The Bertz CT molecular complexity index is 1020. The normalized spacial score (nSPS) is 18.0. The predicted octanol–water partition coefficient (Wildman–Crippen LogP) is 3.65. The van der Waals surface area contributed by atoms with Gasteiger partial charge in [0.15, 0.2) is 5.65 Å². The molecule has 1 aliphatic carbocycles. The van der Waals surface area contributed by atoms with Crippen LogP contribution in [0, 0.1) is 5.82 Å². The van der Waals surface area contributed by atoms with E-state index in [4.69, 9.17) is 0 Å². The Hall–Kier alpha value is -2.96. The van der Waals surface area contributed by atoms with Crippen molar-refractivity contribution in [3.05, 3.63) is 54.2 Å². The summed E-state index contributed by atoms with van der Waals surface area (Å²) in [5, 5.41) is 0. The third kappa shape index (κ3) is 3.45. The molecular weight excluding hydrogens is 369 g/mol. The second-order valence-corrected chi connectivity index (χ2v) is 7.91. The molecule has 1 saturated heterocycles. The van der Waals surface area contributed by atoms with Crippen molar-refractivity contribution in [2.75, 3.05) is 31.1 Å². The molecule has 1 amide bonds. The number of anilines is 1. The van der Waals surface area contributed by atoms with Gasteiger partial charge in [-0.05, 0) is 43.2 Å². The van der Waals surface area contributed by atoms with Gasteiger partial charge < -0.3 is 14.4 Å². The maximum atomic E-state index is 13.1. The fourth-order valence-electron chi connectivity index (χ4n) is 4.49. The second kappa shape index (κ2) is 7.46. The molecule has 3 aromatic rings. The standard InChI is InChI=1S/C22H24FN5O/c23-17-5-7-18(8-6-17)26-9-11-27(12-10-26)22(29)16-13-20-21(24-14-16)28(15-25-20)19-3-1-2-4-19/h5-8,13-15,19H,1-4,9-12H2. The summed E-state index contributed by atoms with van der Waals surface area (Å²) in [6, 6.07) is 8.85. The summed E-state index contributed by atoms with van der Waals surface area (Å²) in [4.78, 5) is 26.1. The lowest BCUT2D eigenvalue weighted by Gasteiger charge is -2.36. The number of hydrogen-bond donors (Lipinski definition) is 0. The quantitative estimate of drug-likeness (QED) is 0.682. The topological polar surface area (TPSA) is 54.3 Å². The smallest absolute Gasteiger partial charge is 0.255 e. The van der Waals surface area contributed by atoms with Crippen molar-refractivity contribution in [3.8, 4) is 0 Å². The van der Waals surface area contributed by atoms with Gasteiger partial charge in [0.2, 0.25) is 0 Å². The lowest BCUT2D eigenvalue weighted by Crippen LogP contribution is -2.48. The molecule has 2 fully saturated rings. The Morgan fingerprint density at radius 1 is 1.00 bits per heavy atom. The van der Waals surface area contributed by atoms with Crippen LogP contribution in [0.1, 0.15) is 42.1 Å². The van der Waals surface area contributed by atoms with Gasteiger partial charge in [-0.2, -0.15) is 0 Å². The Morgan fingerprint density at radius 3 is 2.45 bits per heavy atom. The molecule has 0 N–H and O–H groups in total. The molecule has 6 nitrogen and oxygen atoms in total. The van der Waals surface area contributed by atoms with Crippen LogP contribution >= 0.6 is 0 Å². The van der Waals surface area contributed by atoms with Crippen LogP contribution in [-0.4, -0.2) is 51.5 Å². The molecule has 3 heterocycles. The summed E-state index contributed by atoms with van der Waals surface area (Å²) in [7, 11) is 0. The molecule has 7 heteroatoms. The Kier molecular flexibility index (Phi) is 4.66. The maximum absolute atomic E-state index is 13.1. The average Bonchev–Trinajstić information content (AvgIpc) is 3.43. The van der Waals surface area contributed by atoms with Gasteiger partial charge in [0.25, 0.3) is 5.91 Å². The number of hydrogen-bond acceptors (Lipinski definition) is 4. The number of imidazole rings is 1. The zero-order valence-corrected chi connectivity index (χ0v) is 16.3. The van der Waals surface area contributed by atoms with E-state index in [0.29, 0.717) is 24.7 Å². The highest BCUT2D eigenvalue weighted by atomic mass is 19.1. The first-order valence-electron chi connectivity index (χ1n) is 10.3. The molecule has 0 radical (unpaired) electrons. The molecule has 29 heavy (non-hydrogen) atoms. The van der Waals surface area contributed by atoms with E-state index in [1.165, 1.54) is 37.8 Å². The van der Waals surface area contributed by atoms with Gasteiger partial charge >= 0.3 is 0 Å². The third-order valence-corrected chi connectivity index (χ3v) is 6.14. The molecule has 1 aromatic carbocycles. The molecular formula is C22H24FN5O. The van der Waals surface area contributed by atoms with E-state index in [2.05, 4.69) is 19.4 Å². The number of benzene rings is 1. The van der Waals surface area contributed by atoms with Crippen molar-refractivity contribution in [1.82, 2.24) is 19.4 Å². The molecule has 5 rings (SSSR count). The lowest BCUT2D eigenvalue weighted by molar-refractivity contribution is 0.0746. The van der Waals surface area contributed by atoms with Gasteiger partial charge in [-0.3, -0.25) is 4.79 Å². The lowest BCUT2D eigenvalue weighted by atomic mass is 10.2. The Morgan fingerprint density at radius 2 is 1.72 bits per heavy atom. The summed E-state index contributed by atoms with van der Waals surface area (Å²) in [5.74, 6) is -0.241. The average molecular weight is 393 g/mol. The zero-order chi connectivity index (χ0) is 19.8. The van der Waals surface area contributed by atoms with Crippen LogP contribution in [0.5, 0.6) is 0 Å². The minimum Gasteiger partial charge on any atom is -0.368 e. The summed E-state index contributed by atoms with van der Waals surface area (Å²) >= 11 is 0. The fraction of sp³-hybridized carbons (Fsp3) is 0.409.